The van der Waals surface area contributed by atoms with Gasteiger partial charge in [0.05, 0.1) is 21.8 Å². The lowest BCUT2D eigenvalue weighted by Gasteiger charge is -2.19. The molecule has 21 heavy (non-hydrogen) atoms. The molecule has 6 heteroatoms. The molecule has 0 aliphatic carbocycles. The van der Waals surface area contributed by atoms with Crippen molar-refractivity contribution in [1.29, 1.82) is 5.26 Å². The summed E-state index contributed by atoms with van der Waals surface area (Å²) >= 11 is 5.99. The van der Waals surface area contributed by atoms with E-state index in [4.69, 9.17) is 22.6 Å². The van der Waals surface area contributed by atoms with Crippen LogP contribution in [0.15, 0.2) is 36.4 Å². The molecule has 0 aromatic heterocycles. The third-order valence-electron chi connectivity index (χ3n) is 2.97. The smallest absolute Gasteiger partial charge is 0.259 e. The Balaban J connectivity index is 2.45. The van der Waals surface area contributed by atoms with E-state index < -0.39 is 11.7 Å². The van der Waals surface area contributed by atoms with Gasteiger partial charge >= 0.3 is 0 Å². The van der Waals surface area contributed by atoms with E-state index >= 15 is 0 Å². The molecule has 0 aliphatic rings. The first-order valence-corrected chi connectivity index (χ1v) is 6.34. The lowest BCUT2D eigenvalue weighted by atomic mass is 10.1. The number of carbonyl (C=O) groups excluding carboxylic acids is 1. The highest BCUT2D eigenvalue weighted by Gasteiger charge is 2.19. The second kappa shape index (κ2) is 5.81. The van der Waals surface area contributed by atoms with Crippen LogP contribution in [-0.4, -0.2) is 13.0 Å². The molecular weight excluding hydrogens is 293 g/mol. The maximum atomic E-state index is 13.1. The van der Waals surface area contributed by atoms with Crippen LogP contribution in [0.2, 0.25) is 5.02 Å². The van der Waals surface area contributed by atoms with Crippen LogP contribution in [0.25, 0.3) is 0 Å². The summed E-state index contributed by atoms with van der Waals surface area (Å²) in [5, 5.41) is 9.29. The Morgan fingerprint density at radius 2 is 2.05 bits per heavy atom. The molecule has 2 aromatic carbocycles. The zero-order valence-corrected chi connectivity index (χ0v) is 11.9. The van der Waals surface area contributed by atoms with Crippen LogP contribution in [0, 0.1) is 17.1 Å². The normalized spacial score (nSPS) is 10.0. The summed E-state index contributed by atoms with van der Waals surface area (Å²) in [4.78, 5) is 13.7. The molecule has 0 heterocycles. The van der Waals surface area contributed by atoms with E-state index in [1.165, 1.54) is 36.2 Å². The number of hydrogen-bond donors (Lipinski definition) is 1. The Morgan fingerprint density at radius 3 is 2.71 bits per heavy atom. The van der Waals surface area contributed by atoms with E-state index in [1.54, 1.807) is 6.07 Å². The first kappa shape index (κ1) is 14.8. The molecule has 0 aliphatic heterocycles. The average Bonchev–Trinajstić information content (AvgIpc) is 2.48. The van der Waals surface area contributed by atoms with Crippen LogP contribution in [0.3, 0.4) is 0 Å². The highest BCUT2D eigenvalue weighted by Crippen LogP contribution is 2.25. The first-order valence-electron chi connectivity index (χ1n) is 5.96. The van der Waals surface area contributed by atoms with Gasteiger partial charge in [-0.1, -0.05) is 11.6 Å². The van der Waals surface area contributed by atoms with Gasteiger partial charge in [-0.2, -0.15) is 5.26 Å². The van der Waals surface area contributed by atoms with Crippen molar-refractivity contribution in [2.75, 3.05) is 17.7 Å². The molecule has 2 rings (SSSR count). The van der Waals surface area contributed by atoms with Gasteiger partial charge in [0, 0.05) is 12.7 Å². The van der Waals surface area contributed by atoms with Gasteiger partial charge in [-0.3, -0.25) is 4.79 Å². The number of hydrogen-bond acceptors (Lipinski definition) is 3. The molecule has 2 N–H and O–H groups in total. The largest absolute Gasteiger partial charge is 0.399 e. The minimum Gasteiger partial charge on any atom is -0.399 e. The quantitative estimate of drug-likeness (QED) is 0.866. The van der Waals surface area contributed by atoms with Crippen molar-refractivity contribution >= 4 is 28.9 Å². The number of amides is 1. The summed E-state index contributed by atoms with van der Waals surface area (Å²) in [5.41, 5.74) is 6.62. The Labute approximate surface area is 126 Å². The number of nitrogens with zero attached hydrogens (tertiary/aromatic N) is 2. The van der Waals surface area contributed by atoms with Gasteiger partial charge in [0.1, 0.15) is 11.9 Å². The highest BCUT2D eigenvalue weighted by atomic mass is 35.5. The highest BCUT2D eigenvalue weighted by molar-refractivity contribution is 6.34. The number of rotatable bonds is 2. The van der Waals surface area contributed by atoms with Gasteiger partial charge in [-0.05, 0) is 36.4 Å². The van der Waals surface area contributed by atoms with E-state index in [0.29, 0.717) is 11.4 Å². The third-order valence-corrected chi connectivity index (χ3v) is 3.30. The van der Waals surface area contributed by atoms with Crippen LogP contribution >= 0.6 is 11.6 Å². The zero-order chi connectivity index (χ0) is 15.6. The van der Waals surface area contributed by atoms with E-state index in [-0.39, 0.29) is 16.1 Å². The molecule has 0 saturated heterocycles. The van der Waals surface area contributed by atoms with Gasteiger partial charge < -0.3 is 10.6 Å². The minimum atomic E-state index is -0.543. The monoisotopic (exact) mass is 303 g/mol. The predicted molar refractivity (Wildman–Crippen MR) is 79.7 cm³/mol. The zero-order valence-electron chi connectivity index (χ0n) is 11.1. The van der Waals surface area contributed by atoms with Crippen LogP contribution in [-0.2, 0) is 0 Å². The van der Waals surface area contributed by atoms with Gasteiger partial charge in [0.15, 0.2) is 0 Å². The van der Waals surface area contributed by atoms with Crippen molar-refractivity contribution in [3.63, 3.8) is 0 Å². The standard InChI is InChI=1S/C15H11ClFN3O/c1-20(14-5-2-10(17)6-9(14)8-18)15(21)12-7-11(19)3-4-13(12)16/h2-7H,19H2,1H3. The van der Waals surface area contributed by atoms with Crippen LogP contribution in [0.5, 0.6) is 0 Å². The van der Waals surface area contributed by atoms with E-state index in [1.807, 2.05) is 6.07 Å². The fourth-order valence-corrected chi connectivity index (χ4v) is 2.09. The second-order valence-corrected chi connectivity index (χ2v) is 4.78. The summed E-state index contributed by atoms with van der Waals surface area (Å²) < 4.78 is 13.1. The van der Waals surface area contributed by atoms with E-state index in [2.05, 4.69) is 0 Å². The van der Waals surface area contributed by atoms with Crippen molar-refractivity contribution in [2.24, 2.45) is 0 Å². The Kier molecular flexibility index (Phi) is 4.10. The number of nitrogen functional groups attached to an aromatic ring is 1. The molecule has 4 nitrogen and oxygen atoms in total. The second-order valence-electron chi connectivity index (χ2n) is 4.38. The topological polar surface area (TPSA) is 70.1 Å². The molecular formula is C15H11ClFN3O. The molecule has 0 radical (unpaired) electrons. The number of anilines is 2. The maximum absolute atomic E-state index is 13.1. The molecule has 2 aromatic rings. The van der Waals surface area contributed by atoms with Crippen LogP contribution in [0.4, 0.5) is 15.8 Å². The fraction of sp³-hybridized carbons (Fsp3) is 0.0667. The predicted octanol–water partition coefficient (Wildman–Crippen LogP) is 3.21. The van der Waals surface area contributed by atoms with Gasteiger partial charge in [-0.25, -0.2) is 4.39 Å². The molecule has 0 unspecified atom stereocenters. The number of halogens is 2. The summed E-state index contributed by atoms with van der Waals surface area (Å²) in [6.45, 7) is 0. The summed E-state index contributed by atoms with van der Waals surface area (Å²) in [7, 11) is 1.48. The Hall–Kier alpha value is -2.58. The van der Waals surface area contributed by atoms with Crippen molar-refractivity contribution < 1.29 is 9.18 Å². The fourth-order valence-electron chi connectivity index (χ4n) is 1.89. The summed E-state index contributed by atoms with van der Waals surface area (Å²) in [6, 6.07) is 10.0. The van der Waals surface area contributed by atoms with Crippen LogP contribution < -0.4 is 10.6 Å². The molecule has 1 amide bonds. The number of benzene rings is 2. The average molecular weight is 304 g/mol. The van der Waals surface area contributed by atoms with Crippen molar-refractivity contribution in [2.45, 2.75) is 0 Å². The minimum absolute atomic E-state index is 0.0610. The molecule has 0 bridgehead atoms. The number of nitrogens with two attached hydrogens (primary N) is 1. The van der Waals surface area contributed by atoms with Crippen molar-refractivity contribution in [3.8, 4) is 6.07 Å². The lowest BCUT2D eigenvalue weighted by Crippen LogP contribution is -2.27. The maximum Gasteiger partial charge on any atom is 0.259 e. The molecule has 0 saturated carbocycles. The van der Waals surface area contributed by atoms with Crippen LogP contribution in [0.1, 0.15) is 15.9 Å². The summed E-state index contributed by atoms with van der Waals surface area (Å²) in [6.07, 6.45) is 0. The number of carbonyl (C=O) groups is 1. The SMILES string of the molecule is CN(C(=O)c1cc(N)ccc1Cl)c1ccc(F)cc1C#N. The van der Waals surface area contributed by atoms with Crippen molar-refractivity contribution in [1.82, 2.24) is 0 Å². The van der Waals surface area contributed by atoms with E-state index in [0.717, 1.165) is 6.07 Å². The number of nitriles is 1. The van der Waals surface area contributed by atoms with E-state index in [9.17, 15) is 9.18 Å². The van der Waals surface area contributed by atoms with Gasteiger partial charge in [0.2, 0.25) is 0 Å². The van der Waals surface area contributed by atoms with Crippen molar-refractivity contribution in [3.05, 3.63) is 58.4 Å². The molecule has 0 fully saturated rings. The van der Waals surface area contributed by atoms with Gasteiger partial charge in [-0.15, -0.1) is 0 Å². The first-order chi connectivity index (χ1) is 9.93. The molecule has 0 atom stereocenters. The summed E-state index contributed by atoms with van der Waals surface area (Å²) in [5.74, 6) is -0.978. The molecule has 106 valence electrons. The molecule has 0 spiro atoms. The van der Waals surface area contributed by atoms with Gasteiger partial charge in [0.25, 0.3) is 5.91 Å². The Morgan fingerprint density at radius 1 is 1.33 bits per heavy atom. The third kappa shape index (κ3) is 2.96. The lowest BCUT2D eigenvalue weighted by molar-refractivity contribution is 0.0993. The Bertz CT molecular complexity index is 755.